The van der Waals surface area contributed by atoms with Gasteiger partial charge in [-0.1, -0.05) is 403 Å². The van der Waals surface area contributed by atoms with Crippen LogP contribution in [0, 0.1) is 0 Å². The molecule has 132 heavy (non-hydrogen) atoms. The molecule has 0 aliphatic heterocycles. The van der Waals surface area contributed by atoms with E-state index in [1.165, 1.54) is 277 Å². The second-order valence-corrected chi connectivity index (χ2v) is 36.9. The molecule has 2 aliphatic rings. The van der Waals surface area contributed by atoms with Crippen LogP contribution in [0.3, 0.4) is 0 Å². The van der Waals surface area contributed by atoms with E-state index in [1.54, 1.807) is 5.56 Å². The molecule has 0 radical (unpaired) electrons. The quantitative estimate of drug-likeness (QED) is 0.0838. The van der Waals surface area contributed by atoms with Crippen molar-refractivity contribution in [1.82, 2.24) is 0 Å². The fourth-order valence-electron chi connectivity index (χ4n) is 22.9. The lowest BCUT2D eigenvalue weighted by Crippen LogP contribution is -2.13. The standard InChI is InChI=1S/C82H64N2.C48H32/c1-3-19-57(20-4-1)81-77-45-39-67(83(63-35-41-73-59(47-63)31-27-53-15-7-11-23-69(53)73)64-36-42-74-60(48-64)32-28-54-16-8-12-24-70(54)74)51-79(77)82(58-21-5-2-6-22-58)80-52-68(40-46-78(80)81)84(65-37-43-75-61(49-65)33-29-55-17-9-13-25-71(55)75)66-38-44-76-62(50-66)34-30-56-18-10-14-26-72(56)76;1-3-11-33(12-4-1)36-19-24-38(25-20-36)47-43-17-9-10-18-44(43)48(39-26-21-37(22-27-39)34-13-5-2-6-14-34)46-32-42(29-30-45(46)47)41-28-23-35-15-7-8-16-40(35)31-41/h7-18,23-52,57-58H,1-6,19-22H2;1-32H. The summed E-state index contributed by atoms with van der Waals surface area (Å²) in [6, 6.07) is 168. The van der Waals surface area contributed by atoms with Crippen LogP contribution in [-0.2, 0) is 0 Å². The van der Waals surface area contributed by atoms with E-state index in [1.807, 2.05) is 0 Å². The monoisotopic (exact) mass is 1680 g/mol. The van der Waals surface area contributed by atoms with Crippen LogP contribution >= 0.6 is 0 Å². The van der Waals surface area contributed by atoms with Gasteiger partial charge in [0, 0.05) is 34.1 Å². The van der Waals surface area contributed by atoms with Crippen molar-refractivity contribution in [3.63, 3.8) is 0 Å². The minimum absolute atomic E-state index is 0.433. The van der Waals surface area contributed by atoms with Crippen LogP contribution < -0.4 is 9.80 Å². The van der Waals surface area contributed by atoms with Gasteiger partial charge in [0.25, 0.3) is 0 Å². The Kier molecular flexibility index (Phi) is 19.9. The number of rotatable bonds is 13. The van der Waals surface area contributed by atoms with Gasteiger partial charge in [-0.15, -0.1) is 0 Å². The summed E-state index contributed by atoms with van der Waals surface area (Å²) >= 11 is 0. The average molecular weight is 1690 g/mol. The van der Waals surface area contributed by atoms with Crippen molar-refractivity contribution < 1.29 is 0 Å². The first-order valence-electron chi connectivity index (χ1n) is 47.5. The molecule has 0 heterocycles. The smallest absolute Gasteiger partial charge is 0.0468 e. The number of hydrogen-bond acceptors (Lipinski definition) is 2. The predicted octanol–water partition coefficient (Wildman–Crippen LogP) is 37.7. The lowest BCUT2D eigenvalue weighted by atomic mass is 9.74. The summed E-state index contributed by atoms with van der Waals surface area (Å²) in [7, 11) is 0. The van der Waals surface area contributed by atoms with E-state index in [0.29, 0.717) is 11.8 Å². The summed E-state index contributed by atoms with van der Waals surface area (Å²) < 4.78 is 0. The zero-order valence-corrected chi connectivity index (χ0v) is 73.8. The van der Waals surface area contributed by atoms with Crippen LogP contribution in [0.1, 0.15) is 87.2 Å². The van der Waals surface area contributed by atoms with Gasteiger partial charge in [-0.05, 0) is 329 Å². The maximum Gasteiger partial charge on any atom is 0.0468 e. The summed E-state index contributed by atoms with van der Waals surface area (Å²) in [5.74, 6) is 0.923. The fraction of sp³-hybridized carbons (Fsp3) is 0.0923. The lowest BCUT2D eigenvalue weighted by Gasteiger charge is -2.32. The second kappa shape index (κ2) is 33.4. The summed E-state index contributed by atoms with van der Waals surface area (Å²) in [5, 5.41) is 33.6. The SMILES string of the molecule is c1ccc(-c2ccc(-c3c4ccccc4c(-c4ccc(-c5ccccc5)cc4)c4cc(-c5ccc6ccccc6c5)ccc34)cc2)cc1.c1ccc2c(c1)ccc1cc(N(c3ccc4c(ccc5ccccc54)c3)c3ccc4c(C5CCCCC5)c5ccc(N(c6ccc7c(ccc8ccccc87)c6)c6ccc7c(ccc8ccccc87)c6)cc5c(C5CCCCC5)c4c3)ccc12. The van der Waals surface area contributed by atoms with Gasteiger partial charge in [-0.25, -0.2) is 0 Å². The Bertz CT molecular complexity index is 8110. The summed E-state index contributed by atoms with van der Waals surface area (Å²) in [6.45, 7) is 0. The van der Waals surface area contributed by atoms with Crippen LogP contribution in [0.4, 0.5) is 34.1 Å². The van der Waals surface area contributed by atoms with Crippen LogP contribution in [0.25, 0.3) is 196 Å². The van der Waals surface area contributed by atoms with Gasteiger partial charge in [0.15, 0.2) is 0 Å². The number of hydrogen-bond donors (Lipinski definition) is 0. The van der Waals surface area contributed by atoms with Gasteiger partial charge in [0.1, 0.15) is 0 Å². The fourth-order valence-corrected chi connectivity index (χ4v) is 22.9. The summed E-state index contributed by atoms with van der Waals surface area (Å²) in [4.78, 5) is 5.11. The van der Waals surface area contributed by atoms with Gasteiger partial charge < -0.3 is 9.80 Å². The molecular weight excluding hydrogens is 1590 g/mol. The molecular formula is C130H96N2. The van der Waals surface area contributed by atoms with Crippen molar-refractivity contribution in [3.05, 3.63) is 460 Å². The molecule has 2 fully saturated rings. The Morgan fingerprint density at radius 2 is 0.386 bits per heavy atom. The van der Waals surface area contributed by atoms with E-state index in [-0.39, 0.29) is 0 Å². The van der Waals surface area contributed by atoms with Crippen LogP contribution in [0.2, 0.25) is 0 Å². The molecule has 0 bridgehead atoms. The van der Waals surface area contributed by atoms with Gasteiger partial charge >= 0.3 is 0 Å². The highest BCUT2D eigenvalue weighted by molar-refractivity contribution is 6.23. The highest BCUT2D eigenvalue weighted by Crippen LogP contribution is 2.53. The van der Waals surface area contributed by atoms with Crippen molar-refractivity contribution >= 4 is 174 Å². The topological polar surface area (TPSA) is 6.48 Å². The Hall–Kier alpha value is -15.7. The Labute approximate surface area is 770 Å². The van der Waals surface area contributed by atoms with E-state index < -0.39 is 0 Å². The Morgan fingerprint density at radius 1 is 0.136 bits per heavy atom. The minimum Gasteiger partial charge on any atom is -0.310 e. The molecule has 2 aliphatic carbocycles. The molecule has 2 saturated carbocycles. The van der Waals surface area contributed by atoms with Crippen LogP contribution in [-0.4, -0.2) is 0 Å². The van der Waals surface area contributed by atoms with Crippen LogP contribution in [0.5, 0.6) is 0 Å². The first-order chi connectivity index (χ1) is 65.4. The van der Waals surface area contributed by atoms with Crippen molar-refractivity contribution in [2.45, 2.75) is 76.0 Å². The molecule has 24 aromatic carbocycles. The number of fused-ring (bicyclic) bond motifs is 17. The van der Waals surface area contributed by atoms with E-state index >= 15 is 0 Å². The molecule has 26 rings (SSSR count). The van der Waals surface area contributed by atoms with Gasteiger partial charge in [0.05, 0.1) is 0 Å². The molecule has 626 valence electrons. The van der Waals surface area contributed by atoms with Gasteiger partial charge in [0.2, 0.25) is 0 Å². The third-order valence-electron chi connectivity index (χ3n) is 29.3. The summed E-state index contributed by atoms with van der Waals surface area (Å²) in [6.07, 6.45) is 12.5. The number of benzene rings is 24. The molecule has 2 nitrogen and oxygen atoms in total. The zero-order valence-electron chi connectivity index (χ0n) is 73.8. The van der Waals surface area contributed by atoms with E-state index in [4.69, 9.17) is 0 Å². The average Bonchev–Trinajstić information content (AvgIpc) is 0.721. The Morgan fingerprint density at radius 3 is 0.780 bits per heavy atom. The Balaban J connectivity index is 0.000000165. The molecule has 2 heteroatoms. The molecule has 0 aromatic heterocycles. The maximum atomic E-state index is 2.63. The van der Waals surface area contributed by atoms with E-state index in [0.717, 1.165) is 22.7 Å². The molecule has 0 atom stereocenters. The predicted molar refractivity (Wildman–Crippen MR) is 569 cm³/mol. The second-order valence-electron chi connectivity index (χ2n) is 36.9. The highest BCUT2D eigenvalue weighted by Gasteiger charge is 2.30. The zero-order chi connectivity index (χ0) is 87.1. The van der Waals surface area contributed by atoms with Crippen molar-refractivity contribution in [2.75, 3.05) is 9.80 Å². The van der Waals surface area contributed by atoms with Crippen molar-refractivity contribution in [2.24, 2.45) is 0 Å². The molecule has 24 aromatic rings. The minimum atomic E-state index is 0.433. The third-order valence-corrected chi connectivity index (χ3v) is 29.3. The first-order valence-corrected chi connectivity index (χ1v) is 47.5. The third kappa shape index (κ3) is 14.1. The van der Waals surface area contributed by atoms with Gasteiger partial charge in [-0.2, -0.15) is 0 Å². The van der Waals surface area contributed by atoms with Gasteiger partial charge in [-0.3, -0.25) is 0 Å². The molecule has 0 N–H and O–H groups in total. The molecule has 0 saturated heterocycles. The molecule has 0 amide bonds. The first kappa shape index (κ1) is 78.5. The maximum absolute atomic E-state index is 2.63. The number of nitrogens with zero attached hydrogens (tertiary/aromatic N) is 2. The highest BCUT2D eigenvalue weighted by atomic mass is 15.1. The van der Waals surface area contributed by atoms with Crippen LogP contribution in [0.15, 0.2) is 449 Å². The van der Waals surface area contributed by atoms with E-state index in [9.17, 15) is 0 Å². The molecule has 0 unspecified atom stereocenters. The van der Waals surface area contributed by atoms with Crippen molar-refractivity contribution in [3.8, 4) is 55.6 Å². The van der Waals surface area contributed by atoms with E-state index in [2.05, 4.69) is 459 Å². The summed E-state index contributed by atoms with van der Waals surface area (Å²) in [5.41, 5.74) is 22.5. The number of anilines is 6. The largest absolute Gasteiger partial charge is 0.310 e. The molecule has 0 spiro atoms. The lowest BCUT2D eigenvalue weighted by molar-refractivity contribution is 0.445. The normalized spacial score (nSPS) is 13.4. The van der Waals surface area contributed by atoms with Crippen molar-refractivity contribution in [1.29, 1.82) is 0 Å².